The van der Waals surface area contributed by atoms with Gasteiger partial charge in [-0.05, 0) is 51.3 Å². The van der Waals surface area contributed by atoms with Gasteiger partial charge in [0, 0.05) is 29.7 Å². The summed E-state index contributed by atoms with van der Waals surface area (Å²) in [5.41, 5.74) is 6.33. The largest absolute Gasteiger partial charge is 0.464 e. The minimum absolute atomic E-state index is 0.0225. The summed E-state index contributed by atoms with van der Waals surface area (Å²) in [7, 11) is 0. The molecule has 1 N–H and O–H groups in total. The number of nitrogens with one attached hydrogen (secondary N) is 1. The summed E-state index contributed by atoms with van der Waals surface area (Å²) in [6, 6.07) is 6.17. The summed E-state index contributed by atoms with van der Waals surface area (Å²) in [6.45, 7) is 9.60. The fourth-order valence-corrected chi connectivity index (χ4v) is 3.12. The van der Waals surface area contributed by atoms with E-state index in [2.05, 4.69) is 29.5 Å². The first kappa shape index (κ1) is 17.3. The molecule has 0 saturated carbocycles. The van der Waals surface area contributed by atoms with Gasteiger partial charge in [0.15, 0.2) is 0 Å². The Kier molecular flexibility index (Phi) is 4.93. The Bertz CT molecular complexity index is 905. The second kappa shape index (κ2) is 7.13. The highest BCUT2D eigenvalue weighted by Gasteiger charge is 2.12. The van der Waals surface area contributed by atoms with E-state index in [9.17, 15) is 4.79 Å². The molecule has 0 fully saturated rings. The molecule has 3 rings (SSSR count). The van der Waals surface area contributed by atoms with Gasteiger partial charge in [0.1, 0.15) is 5.58 Å². The summed E-state index contributed by atoms with van der Waals surface area (Å²) in [5, 5.41) is 8.44. The van der Waals surface area contributed by atoms with E-state index in [-0.39, 0.29) is 5.91 Å². The highest BCUT2D eigenvalue weighted by atomic mass is 16.3. The van der Waals surface area contributed by atoms with Crippen LogP contribution in [0.2, 0.25) is 0 Å². The normalized spacial score (nSPS) is 11.2. The lowest BCUT2D eigenvalue weighted by molar-refractivity contribution is -0.120. The lowest BCUT2D eigenvalue weighted by Crippen LogP contribution is -2.26. The number of benzene rings is 1. The van der Waals surface area contributed by atoms with Crippen LogP contribution in [0.5, 0.6) is 0 Å². The number of amides is 1. The molecule has 132 valence electrons. The lowest BCUT2D eigenvalue weighted by atomic mass is 10.0. The number of aryl methyl sites for hydroxylation is 5. The molecule has 25 heavy (non-hydrogen) atoms. The van der Waals surface area contributed by atoms with Crippen LogP contribution >= 0.6 is 0 Å². The third-order valence-corrected chi connectivity index (χ3v) is 4.66. The number of hydrogen-bond acceptors (Lipinski definition) is 3. The van der Waals surface area contributed by atoms with Crippen molar-refractivity contribution in [1.29, 1.82) is 0 Å². The number of carbonyl (C=O) groups is 1. The highest BCUT2D eigenvalue weighted by molar-refractivity contribution is 5.89. The van der Waals surface area contributed by atoms with Crippen molar-refractivity contribution in [2.24, 2.45) is 0 Å². The average molecular weight is 339 g/mol. The first-order valence-electron chi connectivity index (χ1n) is 8.69. The van der Waals surface area contributed by atoms with Crippen molar-refractivity contribution in [3.05, 3.63) is 52.5 Å². The Morgan fingerprint density at radius 1 is 1.24 bits per heavy atom. The predicted octanol–water partition coefficient (Wildman–Crippen LogP) is 3.61. The van der Waals surface area contributed by atoms with Crippen LogP contribution < -0.4 is 5.32 Å². The fourth-order valence-electron chi connectivity index (χ4n) is 3.12. The van der Waals surface area contributed by atoms with E-state index < -0.39 is 0 Å². The summed E-state index contributed by atoms with van der Waals surface area (Å²) in [6.07, 6.45) is 2.90. The number of nitrogens with zero attached hydrogens (tertiary/aromatic N) is 2. The average Bonchev–Trinajstić information content (AvgIpc) is 3.11. The van der Waals surface area contributed by atoms with Crippen LogP contribution in [0, 0.1) is 27.7 Å². The van der Waals surface area contributed by atoms with Gasteiger partial charge in [0.05, 0.1) is 18.4 Å². The molecule has 0 radical (unpaired) electrons. The van der Waals surface area contributed by atoms with E-state index in [0.29, 0.717) is 13.0 Å². The first-order chi connectivity index (χ1) is 12.0. The van der Waals surface area contributed by atoms with Crippen LogP contribution in [0.3, 0.4) is 0 Å². The second-order valence-corrected chi connectivity index (χ2v) is 6.68. The molecule has 1 amide bonds. The van der Waals surface area contributed by atoms with Crippen LogP contribution in [0.15, 0.2) is 28.9 Å². The number of furan rings is 1. The molecule has 0 aliphatic rings. The first-order valence-corrected chi connectivity index (χ1v) is 8.69. The standard InChI is InChI=1S/C20H25N3O2/c1-13-6-7-18-17(12-25-20(18)16(13)4)11-19(24)21-8-5-9-23-15(3)10-14(2)22-23/h6-7,10,12H,5,8-9,11H2,1-4H3,(H,21,24). The second-order valence-electron chi connectivity index (χ2n) is 6.68. The van der Waals surface area contributed by atoms with Crippen LogP contribution in [0.1, 0.15) is 34.5 Å². The predicted molar refractivity (Wildman–Crippen MR) is 98.7 cm³/mol. The van der Waals surface area contributed by atoms with E-state index in [0.717, 1.165) is 46.4 Å². The highest BCUT2D eigenvalue weighted by Crippen LogP contribution is 2.26. The minimum atomic E-state index is 0.0225. The van der Waals surface area contributed by atoms with Crippen molar-refractivity contribution in [3.63, 3.8) is 0 Å². The Morgan fingerprint density at radius 2 is 2.04 bits per heavy atom. The summed E-state index contributed by atoms with van der Waals surface area (Å²) < 4.78 is 7.65. The van der Waals surface area contributed by atoms with Gasteiger partial charge in [-0.15, -0.1) is 0 Å². The van der Waals surface area contributed by atoms with Gasteiger partial charge in [0.25, 0.3) is 0 Å². The maximum Gasteiger partial charge on any atom is 0.224 e. The van der Waals surface area contributed by atoms with Gasteiger partial charge in [-0.25, -0.2) is 0 Å². The Labute approximate surface area is 148 Å². The van der Waals surface area contributed by atoms with Gasteiger partial charge >= 0.3 is 0 Å². The zero-order valence-corrected chi connectivity index (χ0v) is 15.3. The molecule has 0 unspecified atom stereocenters. The van der Waals surface area contributed by atoms with E-state index in [1.54, 1.807) is 6.26 Å². The molecule has 0 atom stereocenters. The molecule has 3 aromatic rings. The van der Waals surface area contributed by atoms with Gasteiger partial charge in [-0.2, -0.15) is 5.10 Å². The molecule has 0 aliphatic carbocycles. The van der Waals surface area contributed by atoms with E-state index >= 15 is 0 Å². The van der Waals surface area contributed by atoms with E-state index in [4.69, 9.17) is 4.42 Å². The maximum atomic E-state index is 12.2. The van der Waals surface area contributed by atoms with Crippen molar-refractivity contribution >= 4 is 16.9 Å². The van der Waals surface area contributed by atoms with Crippen molar-refractivity contribution in [2.75, 3.05) is 6.54 Å². The van der Waals surface area contributed by atoms with Crippen molar-refractivity contribution < 1.29 is 9.21 Å². The molecule has 0 bridgehead atoms. The molecule has 1 aromatic carbocycles. The number of rotatable bonds is 6. The molecule has 5 nitrogen and oxygen atoms in total. The van der Waals surface area contributed by atoms with Gasteiger partial charge < -0.3 is 9.73 Å². The smallest absolute Gasteiger partial charge is 0.224 e. The van der Waals surface area contributed by atoms with Gasteiger partial charge in [0.2, 0.25) is 5.91 Å². The van der Waals surface area contributed by atoms with Gasteiger partial charge in [-0.3, -0.25) is 9.48 Å². The summed E-state index contributed by atoms with van der Waals surface area (Å²) in [5.74, 6) is 0.0225. The van der Waals surface area contributed by atoms with Crippen LogP contribution in [0.4, 0.5) is 0 Å². The molecule has 2 heterocycles. The number of hydrogen-bond donors (Lipinski definition) is 1. The van der Waals surface area contributed by atoms with Crippen LogP contribution in [-0.4, -0.2) is 22.2 Å². The van der Waals surface area contributed by atoms with Crippen LogP contribution in [-0.2, 0) is 17.8 Å². The Hall–Kier alpha value is -2.56. The summed E-state index contributed by atoms with van der Waals surface area (Å²) >= 11 is 0. The number of fused-ring (bicyclic) bond motifs is 1. The van der Waals surface area contributed by atoms with E-state index in [1.807, 2.05) is 31.5 Å². The zero-order valence-electron chi connectivity index (χ0n) is 15.3. The number of aromatic nitrogens is 2. The molecule has 0 spiro atoms. The maximum absolute atomic E-state index is 12.2. The summed E-state index contributed by atoms with van der Waals surface area (Å²) in [4.78, 5) is 12.2. The van der Waals surface area contributed by atoms with Crippen molar-refractivity contribution in [3.8, 4) is 0 Å². The molecule has 0 aliphatic heterocycles. The Balaban J connectivity index is 1.53. The minimum Gasteiger partial charge on any atom is -0.464 e. The van der Waals surface area contributed by atoms with E-state index in [1.165, 1.54) is 5.56 Å². The third-order valence-electron chi connectivity index (χ3n) is 4.66. The van der Waals surface area contributed by atoms with Crippen LogP contribution in [0.25, 0.3) is 11.0 Å². The lowest BCUT2D eigenvalue weighted by Gasteiger charge is -2.06. The zero-order chi connectivity index (χ0) is 18.0. The van der Waals surface area contributed by atoms with Gasteiger partial charge in [-0.1, -0.05) is 12.1 Å². The topological polar surface area (TPSA) is 60.1 Å². The molecular weight excluding hydrogens is 314 g/mol. The molecular formula is C20H25N3O2. The quantitative estimate of drug-likeness (QED) is 0.698. The molecule has 2 aromatic heterocycles. The fraction of sp³-hybridized carbons (Fsp3) is 0.400. The Morgan fingerprint density at radius 3 is 2.76 bits per heavy atom. The monoisotopic (exact) mass is 339 g/mol. The SMILES string of the molecule is Cc1cc(C)n(CCCNC(=O)Cc2coc3c(C)c(C)ccc23)n1. The molecule has 5 heteroatoms. The van der Waals surface area contributed by atoms with Crippen molar-refractivity contribution in [2.45, 2.75) is 47.1 Å². The number of carbonyl (C=O) groups excluding carboxylic acids is 1. The van der Waals surface area contributed by atoms with Crippen molar-refractivity contribution in [1.82, 2.24) is 15.1 Å². The third kappa shape index (κ3) is 3.76. The molecule has 0 saturated heterocycles.